The minimum atomic E-state index is -0.437. The van der Waals surface area contributed by atoms with Crippen molar-refractivity contribution in [1.82, 2.24) is 15.2 Å². The highest BCUT2D eigenvalue weighted by molar-refractivity contribution is 6.22. The first-order valence-corrected chi connectivity index (χ1v) is 7.83. The Morgan fingerprint density at radius 3 is 2.72 bits per heavy atom. The summed E-state index contributed by atoms with van der Waals surface area (Å²) in [5, 5.41) is 2.95. The normalized spacial score (nSPS) is 13.9. The van der Waals surface area contributed by atoms with Gasteiger partial charge in [0.1, 0.15) is 5.82 Å². The zero-order valence-corrected chi connectivity index (χ0v) is 14.2. The number of hydrogen-bond donors (Lipinski definition) is 1. The van der Waals surface area contributed by atoms with Gasteiger partial charge < -0.3 is 14.6 Å². The monoisotopic (exact) mass is 343 g/mol. The van der Waals surface area contributed by atoms with E-state index in [1.54, 1.807) is 19.1 Å². The average molecular weight is 343 g/mol. The molecule has 25 heavy (non-hydrogen) atoms. The molecule has 1 heterocycles. The highest BCUT2D eigenvalue weighted by Gasteiger charge is 2.32. The Bertz CT molecular complexity index is 884. The Morgan fingerprint density at radius 2 is 2.04 bits per heavy atom. The number of hydrogen-bond acceptors (Lipinski definition) is 6. The van der Waals surface area contributed by atoms with Gasteiger partial charge in [-0.3, -0.25) is 9.59 Å². The number of ketones is 2. The van der Waals surface area contributed by atoms with Gasteiger partial charge in [-0.2, -0.15) is 0 Å². The van der Waals surface area contributed by atoms with Crippen molar-refractivity contribution in [2.45, 2.75) is 6.92 Å². The first-order chi connectivity index (χ1) is 11.9. The predicted molar refractivity (Wildman–Crippen MR) is 89.9 cm³/mol. The van der Waals surface area contributed by atoms with Crippen molar-refractivity contribution in [3.63, 3.8) is 0 Å². The molecule has 0 radical (unpaired) electrons. The number of nitrogens with zero attached hydrogens (tertiary/aromatic N) is 2. The highest BCUT2D eigenvalue weighted by Crippen LogP contribution is 2.27. The van der Waals surface area contributed by atoms with Crippen molar-refractivity contribution in [1.29, 1.82) is 0 Å². The van der Waals surface area contributed by atoms with Gasteiger partial charge in [-0.25, -0.2) is 9.37 Å². The molecule has 0 bridgehead atoms. The summed E-state index contributed by atoms with van der Waals surface area (Å²) in [6, 6.07) is 4.49. The van der Waals surface area contributed by atoms with E-state index < -0.39 is 17.4 Å². The third kappa shape index (κ3) is 3.36. The standard InChI is InChI=1S/C18H18FN3O3/c1-10-4-5-11(8-12(10)19)18-21-15-16(24)13(20-6-7-22(2)3)9-14(23)17(15)25-18/h4-5,8-9,20H,6-7H2,1-3H3. The van der Waals surface area contributed by atoms with Crippen molar-refractivity contribution < 1.29 is 18.4 Å². The van der Waals surface area contributed by atoms with Gasteiger partial charge in [-0.1, -0.05) is 6.07 Å². The molecule has 7 heteroatoms. The van der Waals surface area contributed by atoms with Gasteiger partial charge in [0.05, 0.1) is 5.70 Å². The van der Waals surface area contributed by atoms with E-state index in [0.29, 0.717) is 24.2 Å². The zero-order chi connectivity index (χ0) is 18.1. The van der Waals surface area contributed by atoms with E-state index in [-0.39, 0.29) is 23.0 Å². The van der Waals surface area contributed by atoms with Gasteiger partial charge in [0, 0.05) is 24.7 Å². The molecule has 0 saturated carbocycles. The summed E-state index contributed by atoms with van der Waals surface area (Å²) in [4.78, 5) is 30.8. The van der Waals surface area contributed by atoms with Crippen LogP contribution in [-0.2, 0) is 0 Å². The third-order valence-corrected chi connectivity index (χ3v) is 3.88. The van der Waals surface area contributed by atoms with Crippen LogP contribution in [0.15, 0.2) is 34.4 Å². The van der Waals surface area contributed by atoms with Gasteiger partial charge >= 0.3 is 0 Å². The van der Waals surface area contributed by atoms with Gasteiger partial charge in [0.25, 0.3) is 0 Å². The number of aromatic nitrogens is 1. The van der Waals surface area contributed by atoms with Gasteiger partial charge in [-0.15, -0.1) is 0 Å². The van der Waals surface area contributed by atoms with Crippen LogP contribution in [0.25, 0.3) is 11.5 Å². The maximum Gasteiger partial charge on any atom is 0.231 e. The molecular formula is C18H18FN3O3. The van der Waals surface area contributed by atoms with Crippen molar-refractivity contribution in [3.8, 4) is 11.5 Å². The number of aryl methyl sites for hydroxylation is 1. The molecule has 0 spiro atoms. The fourth-order valence-electron chi connectivity index (χ4n) is 2.43. The number of allylic oxidation sites excluding steroid dienone is 2. The lowest BCUT2D eigenvalue weighted by Gasteiger charge is -2.14. The second-order valence-corrected chi connectivity index (χ2v) is 6.14. The predicted octanol–water partition coefficient (Wildman–Crippen LogP) is 2.20. The number of rotatable bonds is 5. The number of oxazole rings is 1. The third-order valence-electron chi connectivity index (χ3n) is 3.88. The first-order valence-electron chi connectivity index (χ1n) is 7.83. The molecule has 6 nitrogen and oxygen atoms in total. The van der Waals surface area contributed by atoms with Crippen LogP contribution >= 0.6 is 0 Å². The van der Waals surface area contributed by atoms with Gasteiger partial charge in [0.15, 0.2) is 5.69 Å². The van der Waals surface area contributed by atoms with Crippen LogP contribution in [0.2, 0.25) is 0 Å². The minimum absolute atomic E-state index is 0.0455. The minimum Gasteiger partial charge on any atom is -0.432 e. The highest BCUT2D eigenvalue weighted by atomic mass is 19.1. The molecule has 0 atom stereocenters. The SMILES string of the molecule is Cc1ccc(-c2nc3c(o2)C(=O)C=C(NCCN(C)C)C3=O)cc1F. The van der Waals surface area contributed by atoms with E-state index >= 15 is 0 Å². The van der Waals surface area contributed by atoms with Crippen molar-refractivity contribution >= 4 is 11.6 Å². The topological polar surface area (TPSA) is 75.4 Å². The van der Waals surface area contributed by atoms with Crippen molar-refractivity contribution in [2.24, 2.45) is 0 Å². The van der Waals surface area contributed by atoms with Crippen LogP contribution in [-0.4, -0.2) is 48.6 Å². The lowest BCUT2D eigenvalue weighted by molar-refractivity contribution is 0.0960. The summed E-state index contributed by atoms with van der Waals surface area (Å²) in [7, 11) is 3.82. The molecule has 0 unspecified atom stereocenters. The number of halogens is 1. The second-order valence-electron chi connectivity index (χ2n) is 6.14. The summed E-state index contributed by atoms with van der Waals surface area (Å²) >= 11 is 0. The molecule has 130 valence electrons. The van der Waals surface area contributed by atoms with E-state index in [1.807, 2.05) is 19.0 Å². The maximum absolute atomic E-state index is 13.7. The van der Waals surface area contributed by atoms with Crippen LogP contribution in [0.5, 0.6) is 0 Å². The van der Waals surface area contributed by atoms with Crippen LogP contribution in [0.1, 0.15) is 26.6 Å². The molecule has 0 saturated heterocycles. The van der Waals surface area contributed by atoms with E-state index in [0.717, 1.165) is 0 Å². The van der Waals surface area contributed by atoms with Crippen LogP contribution in [0.3, 0.4) is 0 Å². The zero-order valence-electron chi connectivity index (χ0n) is 14.2. The quantitative estimate of drug-likeness (QED) is 0.897. The summed E-state index contributed by atoms with van der Waals surface area (Å²) < 4.78 is 19.2. The Labute approximate surface area is 144 Å². The molecule has 0 fully saturated rings. The van der Waals surface area contributed by atoms with E-state index in [4.69, 9.17) is 4.42 Å². The molecule has 1 aliphatic rings. The van der Waals surface area contributed by atoms with E-state index in [2.05, 4.69) is 10.3 Å². The van der Waals surface area contributed by atoms with Crippen LogP contribution in [0, 0.1) is 12.7 Å². The molecule has 3 rings (SSSR count). The Kier molecular flexibility index (Phi) is 4.50. The molecule has 2 aromatic rings. The number of carbonyl (C=O) groups excluding carboxylic acids is 2. The van der Waals surface area contributed by atoms with Gasteiger partial charge in [-0.05, 0) is 38.7 Å². The first kappa shape index (κ1) is 17.0. The molecule has 1 aromatic carbocycles. The fourth-order valence-corrected chi connectivity index (χ4v) is 2.43. The summed E-state index contributed by atoms with van der Waals surface area (Å²) in [5.41, 5.74) is 1.01. The fraction of sp³-hybridized carbons (Fsp3) is 0.278. The number of carbonyl (C=O) groups is 2. The number of likely N-dealkylation sites (N-methyl/N-ethyl adjacent to an activating group) is 1. The maximum atomic E-state index is 13.7. The molecule has 1 aliphatic carbocycles. The Balaban J connectivity index is 1.88. The molecular weight excluding hydrogens is 325 g/mol. The lowest BCUT2D eigenvalue weighted by atomic mass is 10.0. The Morgan fingerprint density at radius 1 is 1.28 bits per heavy atom. The van der Waals surface area contributed by atoms with Crippen molar-refractivity contribution in [3.05, 3.63) is 52.8 Å². The number of nitrogens with one attached hydrogen (secondary N) is 1. The molecule has 0 aliphatic heterocycles. The van der Waals surface area contributed by atoms with Crippen LogP contribution < -0.4 is 5.32 Å². The molecule has 1 N–H and O–H groups in total. The van der Waals surface area contributed by atoms with E-state index in [9.17, 15) is 14.0 Å². The number of Topliss-reactive ketones (excluding diaryl/α,β-unsaturated/α-hetero) is 1. The smallest absolute Gasteiger partial charge is 0.231 e. The molecule has 0 amide bonds. The Hall–Kier alpha value is -2.80. The molecule has 1 aromatic heterocycles. The summed E-state index contributed by atoms with van der Waals surface area (Å²) in [6.07, 6.45) is 1.21. The largest absolute Gasteiger partial charge is 0.432 e. The number of fused-ring (bicyclic) bond motifs is 1. The van der Waals surface area contributed by atoms with Crippen molar-refractivity contribution in [2.75, 3.05) is 27.2 Å². The summed E-state index contributed by atoms with van der Waals surface area (Å²) in [6.45, 7) is 2.86. The second kappa shape index (κ2) is 6.60. The van der Waals surface area contributed by atoms with E-state index in [1.165, 1.54) is 12.1 Å². The van der Waals surface area contributed by atoms with Crippen LogP contribution in [0.4, 0.5) is 4.39 Å². The average Bonchev–Trinajstić information content (AvgIpc) is 3.00. The number of benzene rings is 1. The lowest BCUT2D eigenvalue weighted by Crippen LogP contribution is -2.31. The van der Waals surface area contributed by atoms with Gasteiger partial charge in [0.2, 0.25) is 23.2 Å². The summed E-state index contributed by atoms with van der Waals surface area (Å²) in [5.74, 6) is -1.31.